The van der Waals surface area contributed by atoms with E-state index in [0.29, 0.717) is 0 Å². The Morgan fingerprint density at radius 3 is 2.88 bits per heavy atom. The molecule has 0 aliphatic heterocycles. The Labute approximate surface area is 101 Å². The highest BCUT2D eigenvalue weighted by Crippen LogP contribution is 2.33. The zero-order valence-electron chi connectivity index (χ0n) is 10.3. The first-order valence-corrected chi connectivity index (χ1v) is 5.60. The molecule has 1 aromatic carbocycles. The van der Waals surface area contributed by atoms with Gasteiger partial charge >= 0.3 is 0 Å². The fourth-order valence-corrected chi connectivity index (χ4v) is 2.14. The summed E-state index contributed by atoms with van der Waals surface area (Å²) in [5, 5.41) is 12.4. The number of H-pyrrole nitrogens is 1. The minimum atomic E-state index is -0.456. The van der Waals surface area contributed by atoms with E-state index in [2.05, 4.69) is 21.4 Å². The summed E-state index contributed by atoms with van der Waals surface area (Å²) >= 11 is 0. The number of aromatic amines is 1. The molecule has 1 atom stereocenters. The van der Waals surface area contributed by atoms with Gasteiger partial charge in [0.1, 0.15) is 0 Å². The number of benzene rings is 1. The minimum Gasteiger partial charge on any atom is -0.345 e. The van der Waals surface area contributed by atoms with Crippen molar-refractivity contribution >= 4 is 11.0 Å². The standard InChI is InChI=1S/C13H16N4/c1-13(2,7-14)12(15-3)9-4-5-10-11(6-9)17-8-16-10/h4-6,8,12,15H,1-3H3,(H,16,17). The largest absolute Gasteiger partial charge is 0.345 e. The molecule has 0 bridgehead atoms. The molecule has 0 spiro atoms. The summed E-state index contributed by atoms with van der Waals surface area (Å²) in [5.74, 6) is 0. The summed E-state index contributed by atoms with van der Waals surface area (Å²) in [6.45, 7) is 3.87. The molecule has 88 valence electrons. The zero-order chi connectivity index (χ0) is 12.5. The highest BCUT2D eigenvalue weighted by atomic mass is 14.9. The van der Waals surface area contributed by atoms with E-state index in [4.69, 9.17) is 0 Å². The van der Waals surface area contributed by atoms with E-state index < -0.39 is 5.41 Å². The van der Waals surface area contributed by atoms with Crippen molar-refractivity contribution < 1.29 is 0 Å². The van der Waals surface area contributed by atoms with E-state index >= 15 is 0 Å². The van der Waals surface area contributed by atoms with Gasteiger partial charge in [0.15, 0.2) is 0 Å². The van der Waals surface area contributed by atoms with E-state index in [1.807, 2.05) is 39.1 Å². The number of aromatic nitrogens is 2. The summed E-state index contributed by atoms with van der Waals surface area (Å²) in [7, 11) is 1.88. The van der Waals surface area contributed by atoms with Gasteiger partial charge in [-0.25, -0.2) is 4.98 Å². The molecule has 0 aliphatic rings. The number of imidazole rings is 1. The molecule has 2 N–H and O–H groups in total. The Balaban J connectivity index is 2.47. The molecule has 4 nitrogen and oxygen atoms in total. The Hall–Kier alpha value is -1.86. The van der Waals surface area contributed by atoms with Crippen molar-refractivity contribution in [3.8, 4) is 6.07 Å². The molecule has 0 radical (unpaired) electrons. The second-order valence-corrected chi connectivity index (χ2v) is 4.73. The number of rotatable bonds is 3. The number of hydrogen-bond donors (Lipinski definition) is 2. The van der Waals surface area contributed by atoms with Crippen LogP contribution >= 0.6 is 0 Å². The molecule has 0 fully saturated rings. The van der Waals surface area contributed by atoms with Crippen LogP contribution in [-0.2, 0) is 0 Å². The van der Waals surface area contributed by atoms with Gasteiger partial charge in [0.2, 0.25) is 0 Å². The summed E-state index contributed by atoms with van der Waals surface area (Å²) in [6, 6.07) is 8.38. The fourth-order valence-electron chi connectivity index (χ4n) is 2.14. The SMILES string of the molecule is CNC(c1ccc2nc[nH]c2c1)C(C)(C)C#N. The highest BCUT2D eigenvalue weighted by molar-refractivity contribution is 5.75. The maximum Gasteiger partial charge on any atom is 0.0931 e. The summed E-state index contributed by atoms with van der Waals surface area (Å²) in [4.78, 5) is 7.27. The van der Waals surface area contributed by atoms with Crippen LogP contribution in [0.2, 0.25) is 0 Å². The number of nitrogens with one attached hydrogen (secondary N) is 2. The normalized spacial score (nSPS) is 13.5. The third-order valence-electron chi connectivity index (χ3n) is 3.08. The zero-order valence-corrected chi connectivity index (χ0v) is 10.3. The quantitative estimate of drug-likeness (QED) is 0.847. The second kappa shape index (κ2) is 4.19. The molecule has 2 aromatic rings. The molecule has 0 aliphatic carbocycles. The van der Waals surface area contributed by atoms with Crippen molar-refractivity contribution in [2.45, 2.75) is 19.9 Å². The van der Waals surface area contributed by atoms with Crippen molar-refractivity contribution in [1.82, 2.24) is 15.3 Å². The van der Waals surface area contributed by atoms with Crippen LogP contribution in [0.15, 0.2) is 24.5 Å². The monoisotopic (exact) mass is 228 g/mol. The van der Waals surface area contributed by atoms with Crippen LogP contribution in [-0.4, -0.2) is 17.0 Å². The topological polar surface area (TPSA) is 64.5 Å². The third-order valence-corrected chi connectivity index (χ3v) is 3.08. The van der Waals surface area contributed by atoms with Crippen LogP contribution in [0.3, 0.4) is 0 Å². The van der Waals surface area contributed by atoms with Crippen LogP contribution < -0.4 is 5.32 Å². The van der Waals surface area contributed by atoms with E-state index in [-0.39, 0.29) is 6.04 Å². The number of fused-ring (bicyclic) bond motifs is 1. The molecule has 4 heteroatoms. The Morgan fingerprint density at radius 2 is 2.24 bits per heavy atom. The Bertz CT molecular complexity index is 562. The van der Waals surface area contributed by atoms with E-state index in [9.17, 15) is 5.26 Å². The molecule has 2 rings (SSSR count). The number of hydrogen-bond acceptors (Lipinski definition) is 3. The predicted octanol–water partition coefficient (Wildman–Crippen LogP) is 2.37. The van der Waals surface area contributed by atoms with Crippen LogP contribution in [0, 0.1) is 16.7 Å². The van der Waals surface area contributed by atoms with E-state index in [1.54, 1.807) is 6.33 Å². The first-order valence-electron chi connectivity index (χ1n) is 5.60. The van der Waals surface area contributed by atoms with Crippen molar-refractivity contribution in [1.29, 1.82) is 5.26 Å². The van der Waals surface area contributed by atoms with Gasteiger partial charge in [-0.2, -0.15) is 5.26 Å². The number of nitriles is 1. The van der Waals surface area contributed by atoms with Gasteiger partial charge in [-0.05, 0) is 38.6 Å². The first kappa shape index (κ1) is 11.6. The number of nitrogens with zero attached hydrogens (tertiary/aromatic N) is 2. The van der Waals surface area contributed by atoms with Gasteiger partial charge in [-0.1, -0.05) is 6.07 Å². The maximum atomic E-state index is 9.22. The van der Waals surface area contributed by atoms with Crippen LogP contribution in [0.4, 0.5) is 0 Å². The van der Waals surface area contributed by atoms with Gasteiger partial charge in [0.25, 0.3) is 0 Å². The molecule has 1 aromatic heterocycles. The van der Waals surface area contributed by atoms with Crippen molar-refractivity contribution in [2.75, 3.05) is 7.05 Å². The third kappa shape index (κ3) is 2.02. The average Bonchev–Trinajstić information content (AvgIpc) is 2.77. The molecule has 17 heavy (non-hydrogen) atoms. The van der Waals surface area contributed by atoms with Crippen molar-refractivity contribution in [3.63, 3.8) is 0 Å². The van der Waals surface area contributed by atoms with E-state index in [0.717, 1.165) is 16.6 Å². The maximum absolute atomic E-state index is 9.22. The van der Waals surface area contributed by atoms with Gasteiger partial charge in [-0.15, -0.1) is 0 Å². The summed E-state index contributed by atoms with van der Waals surface area (Å²) in [6.07, 6.45) is 1.68. The Kier molecular flexibility index (Phi) is 2.86. The molecule has 1 heterocycles. The highest BCUT2D eigenvalue weighted by Gasteiger charge is 2.29. The van der Waals surface area contributed by atoms with Crippen LogP contribution in [0.5, 0.6) is 0 Å². The lowest BCUT2D eigenvalue weighted by atomic mass is 9.82. The fraction of sp³-hybridized carbons (Fsp3) is 0.385. The lowest BCUT2D eigenvalue weighted by Gasteiger charge is -2.28. The van der Waals surface area contributed by atoms with Gasteiger partial charge in [0.05, 0.1) is 34.9 Å². The van der Waals surface area contributed by atoms with Crippen molar-refractivity contribution in [2.24, 2.45) is 5.41 Å². The lowest BCUT2D eigenvalue weighted by molar-refractivity contribution is 0.344. The second-order valence-electron chi connectivity index (χ2n) is 4.73. The minimum absolute atomic E-state index is 0.000185. The first-order chi connectivity index (χ1) is 8.08. The van der Waals surface area contributed by atoms with Crippen LogP contribution in [0.25, 0.3) is 11.0 Å². The molecular formula is C13H16N4. The summed E-state index contributed by atoms with van der Waals surface area (Å²) < 4.78 is 0. The summed E-state index contributed by atoms with van der Waals surface area (Å²) in [5.41, 5.74) is 2.58. The molecule has 0 amide bonds. The van der Waals surface area contributed by atoms with Gasteiger partial charge in [0, 0.05) is 0 Å². The molecule has 0 saturated carbocycles. The van der Waals surface area contributed by atoms with Gasteiger partial charge < -0.3 is 10.3 Å². The average molecular weight is 228 g/mol. The van der Waals surface area contributed by atoms with Gasteiger partial charge in [-0.3, -0.25) is 0 Å². The molecule has 1 unspecified atom stereocenters. The van der Waals surface area contributed by atoms with Crippen LogP contribution in [0.1, 0.15) is 25.5 Å². The van der Waals surface area contributed by atoms with E-state index in [1.165, 1.54) is 0 Å². The molecular weight excluding hydrogens is 212 g/mol. The molecule has 0 saturated heterocycles. The lowest BCUT2D eigenvalue weighted by Crippen LogP contribution is -2.30. The Morgan fingerprint density at radius 1 is 1.47 bits per heavy atom. The predicted molar refractivity (Wildman–Crippen MR) is 67.3 cm³/mol. The van der Waals surface area contributed by atoms with Crippen molar-refractivity contribution in [3.05, 3.63) is 30.1 Å². The smallest absolute Gasteiger partial charge is 0.0931 e.